The van der Waals surface area contributed by atoms with E-state index in [4.69, 9.17) is 21.9 Å². The van der Waals surface area contributed by atoms with Crippen molar-refractivity contribution in [2.24, 2.45) is 5.73 Å². The van der Waals surface area contributed by atoms with E-state index < -0.39 is 5.54 Å². The van der Waals surface area contributed by atoms with Gasteiger partial charge in [0.25, 0.3) is 5.89 Å². The van der Waals surface area contributed by atoms with Gasteiger partial charge in [0, 0.05) is 4.47 Å². The number of rotatable bonds is 2. The Balaban J connectivity index is 0.00000133. The van der Waals surface area contributed by atoms with Crippen molar-refractivity contribution >= 4 is 39.9 Å². The van der Waals surface area contributed by atoms with Crippen LogP contribution >= 0.6 is 39.9 Å². The second kappa shape index (κ2) is 5.40. The summed E-state index contributed by atoms with van der Waals surface area (Å²) in [7, 11) is 0. The van der Waals surface area contributed by atoms with Gasteiger partial charge >= 0.3 is 0 Å². The summed E-state index contributed by atoms with van der Waals surface area (Å²) in [5.41, 5.74) is 6.46. The van der Waals surface area contributed by atoms with Crippen molar-refractivity contribution in [3.8, 4) is 11.5 Å². The highest BCUT2D eigenvalue weighted by Gasteiger charge is 2.39. The van der Waals surface area contributed by atoms with Crippen LogP contribution in [0.4, 0.5) is 0 Å². The van der Waals surface area contributed by atoms with Crippen molar-refractivity contribution in [3.05, 3.63) is 33.5 Å². The molecule has 1 heterocycles. The third-order valence-electron chi connectivity index (χ3n) is 3.28. The SMILES string of the molecule is Cl.NC1(c2noc(-c3cc(Br)ccc3Cl)n2)CCC1. The molecule has 0 unspecified atom stereocenters. The van der Waals surface area contributed by atoms with Gasteiger partial charge in [0.2, 0.25) is 0 Å². The van der Waals surface area contributed by atoms with Crippen molar-refractivity contribution in [1.82, 2.24) is 10.1 Å². The smallest absolute Gasteiger partial charge is 0.259 e. The number of halogens is 3. The molecule has 3 rings (SSSR count). The number of hydrogen-bond donors (Lipinski definition) is 1. The van der Waals surface area contributed by atoms with Crippen LogP contribution in [0, 0.1) is 0 Å². The van der Waals surface area contributed by atoms with E-state index in [1.54, 1.807) is 6.07 Å². The maximum atomic E-state index is 6.16. The predicted octanol–water partition coefficient (Wildman–Crippen LogP) is 3.91. The molecule has 0 saturated heterocycles. The first-order valence-electron chi connectivity index (χ1n) is 5.67. The summed E-state index contributed by atoms with van der Waals surface area (Å²) in [6.07, 6.45) is 2.91. The van der Waals surface area contributed by atoms with Gasteiger partial charge in [0.15, 0.2) is 5.82 Å². The molecule has 1 aliphatic rings. The summed E-state index contributed by atoms with van der Waals surface area (Å²) in [4.78, 5) is 4.37. The minimum absolute atomic E-state index is 0. The summed E-state index contributed by atoms with van der Waals surface area (Å²) in [5, 5.41) is 4.55. The maximum Gasteiger partial charge on any atom is 0.259 e. The number of hydrogen-bond acceptors (Lipinski definition) is 4. The van der Waals surface area contributed by atoms with Gasteiger partial charge in [-0.25, -0.2) is 0 Å². The molecule has 0 aliphatic heterocycles. The highest BCUT2D eigenvalue weighted by atomic mass is 79.9. The number of aromatic nitrogens is 2. The van der Waals surface area contributed by atoms with Crippen LogP contribution in [-0.2, 0) is 5.54 Å². The second-order valence-electron chi connectivity index (χ2n) is 4.56. The zero-order chi connectivity index (χ0) is 12.8. The van der Waals surface area contributed by atoms with Gasteiger partial charge in [-0.1, -0.05) is 32.7 Å². The molecule has 1 saturated carbocycles. The van der Waals surface area contributed by atoms with Crippen LogP contribution in [0.5, 0.6) is 0 Å². The first-order chi connectivity index (χ1) is 8.58. The maximum absolute atomic E-state index is 6.16. The summed E-state index contributed by atoms with van der Waals surface area (Å²) in [5.74, 6) is 0.979. The molecule has 0 spiro atoms. The van der Waals surface area contributed by atoms with Gasteiger partial charge < -0.3 is 10.3 Å². The second-order valence-corrected chi connectivity index (χ2v) is 5.88. The van der Waals surface area contributed by atoms with Crippen LogP contribution in [0.25, 0.3) is 11.5 Å². The molecule has 0 atom stereocenters. The summed E-state index contributed by atoms with van der Waals surface area (Å²) >= 11 is 9.51. The molecule has 0 bridgehead atoms. The Morgan fingerprint density at radius 3 is 2.74 bits per heavy atom. The average molecular weight is 365 g/mol. The Morgan fingerprint density at radius 1 is 1.37 bits per heavy atom. The van der Waals surface area contributed by atoms with Crippen LogP contribution in [-0.4, -0.2) is 10.1 Å². The van der Waals surface area contributed by atoms with Crippen molar-refractivity contribution in [2.45, 2.75) is 24.8 Å². The van der Waals surface area contributed by atoms with Gasteiger partial charge in [-0.3, -0.25) is 0 Å². The molecule has 1 aromatic heterocycles. The highest BCUT2D eigenvalue weighted by Crippen LogP contribution is 2.38. The fourth-order valence-electron chi connectivity index (χ4n) is 1.98. The first-order valence-corrected chi connectivity index (χ1v) is 6.84. The lowest BCUT2D eigenvalue weighted by atomic mass is 9.77. The minimum Gasteiger partial charge on any atom is -0.334 e. The molecular formula is C12H12BrCl2N3O. The number of nitrogens with zero attached hydrogens (tertiary/aromatic N) is 2. The third kappa shape index (κ3) is 2.65. The van der Waals surface area contributed by atoms with Crippen LogP contribution in [0.2, 0.25) is 5.02 Å². The molecule has 1 fully saturated rings. The van der Waals surface area contributed by atoms with Crippen molar-refractivity contribution < 1.29 is 4.52 Å². The molecule has 19 heavy (non-hydrogen) atoms. The summed E-state index contributed by atoms with van der Waals surface area (Å²) in [6.45, 7) is 0. The monoisotopic (exact) mass is 363 g/mol. The standard InChI is InChI=1S/C12H11BrClN3O.ClH/c13-7-2-3-9(14)8(6-7)10-16-11(17-18-10)12(15)4-1-5-12;/h2-3,6H,1,4-5,15H2;1H. The van der Waals surface area contributed by atoms with E-state index in [2.05, 4.69) is 26.1 Å². The molecule has 4 nitrogen and oxygen atoms in total. The topological polar surface area (TPSA) is 64.9 Å². The lowest BCUT2D eigenvalue weighted by Gasteiger charge is -2.34. The van der Waals surface area contributed by atoms with Gasteiger partial charge in [-0.2, -0.15) is 4.98 Å². The zero-order valence-electron chi connectivity index (χ0n) is 9.90. The van der Waals surface area contributed by atoms with Gasteiger partial charge in [-0.05, 0) is 37.5 Å². The molecule has 102 valence electrons. The molecule has 2 N–H and O–H groups in total. The minimum atomic E-state index is -0.416. The fourth-order valence-corrected chi connectivity index (χ4v) is 2.54. The lowest BCUT2D eigenvalue weighted by Crippen LogP contribution is -2.44. The first kappa shape index (κ1) is 14.8. The Morgan fingerprint density at radius 2 is 2.11 bits per heavy atom. The fraction of sp³-hybridized carbons (Fsp3) is 0.333. The van der Waals surface area contributed by atoms with Crippen LogP contribution in [0.3, 0.4) is 0 Å². The van der Waals surface area contributed by atoms with E-state index in [9.17, 15) is 0 Å². The number of benzene rings is 1. The van der Waals surface area contributed by atoms with E-state index in [0.717, 1.165) is 23.7 Å². The van der Waals surface area contributed by atoms with Crippen LogP contribution < -0.4 is 5.73 Å². The van der Waals surface area contributed by atoms with E-state index in [1.165, 1.54) is 0 Å². The van der Waals surface area contributed by atoms with Crippen LogP contribution in [0.1, 0.15) is 25.1 Å². The quantitative estimate of drug-likeness (QED) is 0.877. The van der Waals surface area contributed by atoms with Crippen molar-refractivity contribution in [2.75, 3.05) is 0 Å². The van der Waals surface area contributed by atoms with Gasteiger partial charge in [-0.15, -0.1) is 12.4 Å². The van der Waals surface area contributed by atoms with Crippen molar-refractivity contribution in [3.63, 3.8) is 0 Å². The Kier molecular flexibility index (Phi) is 4.20. The lowest BCUT2D eigenvalue weighted by molar-refractivity contribution is 0.229. The van der Waals surface area contributed by atoms with E-state index in [0.29, 0.717) is 22.3 Å². The van der Waals surface area contributed by atoms with E-state index in [1.807, 2.05) is 12.1 Å². The normalized spacial score (nSPS) is 16.6. The van der Waals surface area contributed by atoms with E-state index in [-0.39, 0.29) is 12.4 Å². The molecule has 1 aliphatic carbocycles. The highest BCUT2D eigenvalue weighted by molar-refractivity contribution is 9.10. The number of nitrogens with two attached hydrogens (primary N) is 1. The molecule has 2 aromatic rings. The molecule has 1 aromatic carbocycles. The average Bonchev–Trinajstić information content (AvgIpc) is 2.79. The Bertz CT molecular complexity index is 598. The zero-order valence-corrected chi connectivity index (χ0v) is 13.1. The molecule has 0 amide bonds. The van der Waals surface area contributed by atoms with Crippen LogP contribution in [0.15, 0.2) is 27.2 Å². The Hall–Kier alpha value is -0.620. The molecule has 0 radical (unpaired) electrons. The predicted molar refractivity (Wildman–Crippen MR) is 79.4 cm³/mol. The Labute approximate surface area is 130 Å². The molecule has 7 heteroatoms. The van der Waals surface area contributed by atoms with Crippen molar-refractivity contribution in [1.29, 1.82) is 0 Å². The van der Waals surface area contributed by atoms with Gasteiger partial charge in [0.05, 0.1) is 16.1 Å². The largest absolute Gasteiger partial charge is 0.334 e. The summed E-state index contributed by atoms with van der Waals surface area (Å²) in [6, 6.07) is 5.50. The van der Waals surface area contributed by atoms with Gasteiger partial charge in [0.1, 0.15) is 0 Å². The molecular weight excluding hydrogens is 353 g/mol. The van der Waals surface area contributed by atoms with E-state index >= 15 is 0 Å². The third-order valence-corrected chi connectivity index (χ3v) is 4.10. The summed E-state index contributed by atoms with van der Waals surface area (Å²) < 4.78 is 6.17.